The van der Waals surface area contributed by atoms with Gasteiger partial charge < -0.3 is 5.32 Å². The number of benzene rings is 2. The van der Waals surface area contributed by atoms with Crippen LogP contribution < -0.4 is 10.0 Å². The van der Waals surface area contributed by atoms with E-state index in [1.807, 2.05) is 6.07 Å². The van der Waals surface area contributed by atoms with Crippen molar-refractivity contribution in [1.29, 1.82) is 0 Å². The first kappa shape index (κ1) is 20.7. The average molecular weight is 394 g/mol. The van der Waals surface area contributed by atoms with Crippen LogP contribution in [0.15, 0.2) is 53.9 Å². The third-order valence-electron chi connectivity index (χ3n) is 3.72. The molecule has 0 aromatic heterocycles. The normalized spacial score (nSPS) is 12.9. The number of amides is 1. The Morgan fingerprint density at radius 3 is 2.48 bits per heavy atom. The Morgan fingerprint density at radius 1 is 1.11 bits per heavy atom. The summed E-state index contributed by atoms with van der Waals surface area (Å²) < 4.78 is 52.3. The summed E-state index contributed by atoms with van der Waals surface area (Å²) in [4.78, 5) is 11.9. The number of rotatable bonds is 8. The van der Waals surface area contributed by atoms with Gasteiger partial charge in [0.15, 0.2) is 11.6 Å². The van der Waals surface area contributed by atoms with Gasteiger partial charge in [0, 0.05) is 18.4 Å². The van der Waals surface area contributed by atoms with Crippen LogP contribution in [0.2, 0.25) is 0 Å². The Bertz CT molecular complexity index is 916. The van der Waals surface area contributed by atoms with Gasteiger partial charge in [-0.05, 0) is 36.3 Å². The van der Waals surface area contributed by atoms with Gasteiger partial charge in [0.25, 0.3) is 0 Å². The summed E-state index contributed by atoms with van der Waals surface area (Å²) in [5.74, 6) is -2.37. The molecular formula is C19H20F2N2O3S. The van der Waals surface area contributed by atoms with Crippen LogP contribution in [0, 0.1) is 11.6 Å². The lowest BCUT2D eigenvalue weighted by atomic mass is 10.1. The summed E-state index contributed by atoms with van der Waals surface area (Å²) in [6, 6.07) is 11.8. The predicted octanol–water partition coefficient (Wildman–Crippen LogP) is 3.12. The van der Waals surface area contributed by atoms with Gasteiger partial charge in [-0.3, -0.25) is 4.79 Å². The molecule has 2 aromatic rings. The van der Waals surface area contributed by atoms with Crippen molar-refractivity contribution in [3.63, 3.8) is 0 Å². The number of carbonyl (C=O) groups is 1. The lowest BCUT2D eigenvalue weighted by molar-refractivity contribution is -0.121. The number of hydrogen-bond acceptors (Lipinski definition) is 3. The van der Waals surface area contributed by atoms with Crippen molar-refractivity contribution in [3.8, 4) is 0 Å². The van der Waals surface area contributed by atoms with E-state index in [4.69, 9.17) is 0 Å². The Morgan fingerprint density at radius 2 is 1.81 bits per heavy atom. The van der Waals surface area contributed by atoms with Crippen molar-refractivity contribution in [2.24, 2.45) is 0 Å². The lowest BCUT2D eigenvalue weighted by Gasteiger charge is -2.14. The van der Waals surface area contributed by atoms with Gasteiger partial charge in [0.2, 0.25) is 15.9 Å². The van der Waals surface area contributed by atoms with Crippen LogP contribution >= 0.6 is 0 Å². The van der Waals surface area contributed by atoms with Crippen LogP contribution in [-0.4, -0.2) is 20.9 Å². The zero-order valence-corrected chi connectivity index (χ0v) is 15.5. The largest absolute Gasteiger partial charge is 0.350 e. The van der Waals surface area contributed by atoms with E-state index in [1.54, 1.807) is 31.2 Å². The first-order valence-corrected chi connectivity index (χ1v) is 9.78. The molecular weight excluding hydrogens is 374 g/mol. The number of sulfonamides is 1. The SMILES string of the molecule is CC(NC(=O)CCNS(=O)(=O)/C=C/c1ccccc1)c1ccc(F)c(F)c1. The molecule has 8 heteroatoms. The molecule has 0 heterocycles. The summed E-state index contributed by atoms with van der Waals surface area (Å²) in [5.41, 5.74) is 1.15. The molecule has 0 saturated carbocycles. The molecule has 144 valence electrons. The van der Waals surface area contributed by atoms with E-state index in [2.05, 4.69) is 10.0 Å². The van der Waals surface area contributed by atoms with Crippen LogP contribution in [-0.2, 0) is 14.8 Å². The molecule has 2 aromatic carbocycles. The zero-order chi connectivity index (χ0) is 19.9. The van der Waals surface area contributed by atoms with Crippen LogP contribution in [0.1, 0.15) is 30.5 Å². The highest BCUT2D eigenvalue weighted by Gasteiger charge is 2.13. The van der Waals surface area contributed by atoms with Gasteiger partial charge in [0.05, 0.1) is 6.04 Å². The maximum absolute atomic E-state index is 13.2. The van der Waals surface area contributed by atoms with E-state index < -0.39 is 33.6 Å². The molecule has 5 nitrogen and oxygen atoms in total. The Hall–Kier alpha value is -2.58. The van der Waals surface area contributed by atoms with E-state index in [0.717, 1.165) is 23.1 Å². The molecule has 0 aliphatic carbocycles. The van der Waals surface area contributed by atoms with Crippen LogP contribution in [0.3, 0.4) is 0 Å². The quantitative estimate of drug-likeness (QED) is 0.722. The van der Waals surface area contributed by atoms with Crippen LogP contribution in [0.4, 0.5) is 8.78 Å². The number of halogens is 2. The second kappa shape index (κ2) is 9.38. The molecule has 0 spiro atoms. The number of nitrogens with one attached hydrogen (secondary N) is 2. The molecule has 1 atom stereocenters. The summed E-state index contributed by atoms with van der Waals surface area (Å²) in [6.45, 7) is 1.54. The van der Waals surface area contributed by atoms with Crippen LogP contribution in [0.25, 0.3) is 6.08 Å². The standard InChI is InChI=1S/C19H20F2N2O3S/c1-14(16-7-8-17(20)18(21)13-16)23-19(24)9-11-22-27(25,26)12-10-15-5-3-2-4-6-15/h2-8,10,12-14,22H,9,11H2,1H3,(H,23,24)/b12-10+. The lowest BCUT2D eigenvalue weighted by Crippen LogP contribution is -2.31. The van der Waals surface area contributed by atoms with Gasteiger partial charge in [-0.2, -0.15) is 0 Å². The summed E-state index contributed by atoms with van der Waals surface area (Å²) >= 11 is 0. The minimum absolute atomic E-state index is 0.0855. The van der Waals surface area contributed by atoms with E-state index in [-0.39, 0.29) is 13.0 Å². The second-order valence-corrected chi connectivity index (χ2v) is 7.52. The molecule has 1 amide bonds. The molecule has 2 N–H and O–H groups in total. The fraction of sp³-hybridized carbons (Fsp3) is 0.211. The Kier molecular flexibility index (Phi) is 7.20. The fourth-order valence-corrected chi connectivity index (χ4v) is 3.09. The smallest absolute Gasteiger partial charge is 0.233 e. The molecule has 2 rings (SSSR count). The van der Waals surface area contributed by atoms with Crippen molar-refractivity contribution < 1.29 is 22.0 Å². The highest BCUT2D eigenvalue weighted by atomic mass is 32.2. The third-order valence-corrected chi connectivity index (χ3v) is 4.82. The Labute approximate surface area is 157 Å². The zero-order valence-electron chi connectivity index (χ0n) is 14.7. The minimum Gasteiger partial charge on any atom is -0.350 e. The molecule has 0 fully saturated rings. The van der Waals surface area contributed by atoms with Crippen molar-refractivity contribution in [2.75, 3.05) is 6.54 Å². The number of carbonyl (C=O) groups excluding carboxylic acids is 1. The van der Waals surface area contributed by atoms with E-state index in [0.29, 0.717) is 5.56 Å². The molecule has 1 unspecified atom stereocenters. The van der Waals surface area contributed by atoms with Crippen molar-refractivity contribution >= 4 is 22.0 Å². The Balaban J connectivity index is 1.81. The van der Waals surface area contributed by atoms with Gasteiger partial charge in [0.1, 0.15) is 0 Å². The molecule has 0 radical (unpaired) electrons. The molecule has 0 aliphatic rings. The van der Waals surface area contributed by atoms with Gasteiger partial charge in [-0.15, -0.1) is 0 Å². The summed E-state index contributed by atoms with van der Waals surface area (Å²) in [7, 11) is -3.67. The van der Waals surface area contributed by atoms with Gasteiger partial charge >= 0.3 is 0 Å². The highest BCUT2D eigenvalue weighted by Crippen LogP contribution is 2.16. The van der Waals surface area contributed by atoms with Crippen LogP contribution in [0.5, 0.6) is 0 Å². The molecule has 27 heavy (non-hydrogen) atoms. The van der Waals surface area contributed by atoms with Crippen molar-refractivity contribution in [1.82, 2.24) is 10.0 Å². The minimum atomic E-state index is -3.67. The van der Waals surface area contributed by atoms with E-state index in [9.17, 15) is 22.0 Å². The van der Waals surface area contributed by atoms with Crippen molar-refractivity contribution in [2.45, 2.75) is 19.4 Å². The molecule has 0 aliphatic heterocycles. The van der Waals surface area contributed by atoms with Gasteiger partial charge in [-0.1, -0.05) is 36.4 Å². The maximum atomic E-state index is 13.2. The monoisotopic (exact) mass is 394 g/mol. The topological polar surface area (TPSA) is 75.3 Å². The van der Waals surface area contributed by atoms with Crippen molar-refractivity contribution in [3.05, 3.63) is 76.7 Å². The summed E-state index contributed by atoms with van der Waals surface area (Å²) in [5, 5.41) is 3.64. The first-order valence-electron chi connectivity index (χ1n) is 8.24. The molecule has 0 bridgehead atoms. The average Bonchev–Trinajstić information content (AvgIpc) is 2.63. The van der Waals surface area contributed by atoms with Gasteiger partial charge in [-0.25, -0.2) is 21.9 Å². The highest BCUT2D eigenvalue weighted by molar-refractivity contribution is 7.92. The molecule has 0 saturated heterocycles. The predicted molar refractivity (Wildman–Crippen MR) is 99.9 cm³/mol. The fourth-order valence-electron chi connectivity index (χ4n) is 2.27. The van der Waals surface area contributed by atoms with E-state index in [1.165, 1.54) is 12.1 Å². The third kappa shape index (κ3) is 6.92. The summed E-state index contributed by atoms with van der Waals surface area (Å²) in [6.07, 6.45) is 1.36. The first-order chi connectivity index (χ1) is 12.8. The number of hydrogen-bond donors (Lipinski definition) is 2. The maximum Gasteiger partial charge on any atom is 0.233 e. The second-order valence-electron chi connectivity index (χ2n) is 5.87. The van der Waals surface area contributed by atoms with E-state index >= 15 is 0 Å².